The molecule has 0 spiro atoms. The van der Waals surface area contributed by atoms with Crippen LogP contribution in [0.4, 0.5) is 4.79 Å². The fraction of sp³-hybridized carbons (Fsp3) is 0.562. The highest BCUT2D eigenvalue weighted by Crippen LogP contribution is 2.33. The molecule has 0 saturated carbocycles. The number of amides is 2. The summed E-state index contributed by atoms with van der Waals surface area (Å²) in [5.41, 5.74) is 0.762. The van der Waals surface area contributed by atoms with Gasteiger partial charge in [-0.25, -0.2) is 4.79 Å². The van der Waals surface area contributed by atoms with Gasteiger partial charge < -0.3 is 24.8 Å². The summed E-state index contributed by atoms with van der Waals surface area (Å²) in [6.45, 7) is 6.38. The first kappa shape index (κ1) is 17.9. The molecule has 6 nitrogen and oxygen atoms in total. The molecule has 2 amide bonds. The summed E-state index contributed by atoms with van der Waals surface area (Å²) in [5.74, 6) is 2.22. The molecular weight excluding hydrogens is 284 g/mol. The van der Waals surface area contributed by atoms with Gasteiger partial charge in [-0.05, 0) is 12.8 Å². The van der Waals surface area contributed by atoms with E-state index in [0.29, 0.717) is 29.7 Å². The van der Waals surface area contributed by atoms with Crippen molar-refractivity contribution in [1.29, 1.82) is 0 Å². The van der Waals surface area contributed by atoms with E-state index in [9.17, 15) is 4.79 Å². The van der Waals surface area contributed by atoms with Crippen LogP contribution in [0.3, 0.4) is 0 Å². The second-order valence-electron chi connectivity index (χ2n) is 5.37. The van der Waals surface area contributed by atoms with Crippen LogP contribution in [0.15, 0.2) is 12.1 Å². The average molecular weight is 310 g/mol. The molecule has 0 aliphatic carbocycles. The van der Waals surface area contributed by atoms with Crippen molar-refractivity contribution in [2.45, 2.75) is 33.4 Å². The number of rotatable bonds is 7. The lowest BCUT2D eigenvalue weighted by Crippen LogP contribution is -2.42. The maximum Gasteiger partial charge on any atom is 0.315 e. The third-order valence-corrected chi connectivity index (χ3v) is 3.60. The Kier molecular flexibility index (Phi) is 6.82. The summed E-state index contributed by atoms with van der Waals surface area (Å²) in [4.78, 5) is 11.9. The fourth-order valence-electron chi connectivity index (χ4n) is 1.85. The third-order valence-electron chi connectivity index (χ3n) is 3.60. The number of benzene rings is 1. The summed E-state index contributed by atoms with van der Waals surface area (Å²) in [5, 5.41) is 5.71. The molecule has 1 aromatic rings. The van der Waals surface area contributed by atoms with Gasteiger partial charge in [-0.2, -0.15) is 0 Å². The number of carbonyl (C=O) groups excluding carboxylic acids is 1. The van der Waals surface area contributed by atoms with E-state index in [2.05, 4.69) is 24.5 Å². The molecule has 1 rings (SSSR count). The number of nitrogens with one attached hydrogen (secondary N) is 2. The lowest BCUT2D eigenvalue weighted by atomic mass is 10.1. The van der Waals surface area contributed by atoms with Crippen molar-refractivity contribution in [1.82, 2.24) is 10.6 Å². The van der Waals surface area contributed by atoms with Gasteiger partial charge in [0, 0.05) is 18.2 Å². The molecule has 22 heavy (non-hydrogen) atoms. The summed E-state index contributed by atoms with van der Waals surface area (Å²) in [6.07, 6.45) is 0. The van der Waals surface area contributed by atoms with E-state index >= 15 is 0 Å². The van der Waals surface area contributed by atoms with Crippen LogP contribution >= 0.6 is 0 Å². The molecule has 0 aromatic heterocycles. The van der Waals surface area contributed by atoms with Gasteiger partial charge in [0.25, 0.3) is 0 Å². The smallest absolute Gasteiger partial charge is 0.315 e. The molecule has 0 radical (unpaired) electrons. The van der Waals surface area contributed by atoms with E-state index in [1.807, 2.05) is 6.92 Å². The topological polar surface area (TPSA) is 68.8 Å². The highest BCUT2D eigenvalue weighted by molar-refractivity contribution is 5.74. The van der Waals surface area contributed by atoms with Crippen LogP contribution in [-0.4, -0.2) is 33.4 Å². The van der Waals surface area contributed by atoms with E-state index in [4.69, 9.17) is 14.2 Å². The Labute approximate surface area is 132 Å². The quantitative estimate of drug-likeness (QED) is 0.812. The van der Waals surface area contributed by atoms with Gasteiger partial charge in [-0.15, -0.1) is 0 Å². The molecule has 1 atom stereocenters. The van der Waals surface area contributed by atoms with Gasteiger partial charge >= 0.3 is 6.03 Å². The van der Waals surface area contributed by atoms with Crippen LogP contribution in [0.2, 0.25) is 0 Å². The van der Waals surface area contributed by atoms with Crippen molar-refractivity contribution in [3.63, 3.8) is 0 Å². The first-order valence-electron chi connectivity index (χ1n) is 7.26. The van der Waals surface area contributed by atoms with E-state index in [1.54, 1.807) is 33.5 Å². The number of carbonyl (C=O) groups is 1. The Morgan fingerprint density at radius 2 is 1.59 bits per heavy atom. The van der Waals surface area contributed by atoms with Crippen molar-refractivity contribution in [3.8, 4) is 17.2 Å². The molecule has 2 N–H and O–H groups in total. The summed E-state index contributed by atoms with van der Waals surface area (Å²) >= 11 is 0. The predicted molar refractivity (Wildman–Crippen MR) is 85.8 cm³/mol. The highest BCUT2D eigenvalue weighted by Gasteiger charge is 2.15. The molecule has 0 fully saturated rings. The normalized spacial score (nSPS) is 11.8. The molecule has 1 aromatic carbocycles. The Bertz CT molecular complexity index is 478. The summed E-state index contributed by atoms with van der Waals surface area (Å²) < 4.78 is 15.9. The molecule has 1 unspecified atom stereocenters. The van der Waals surface area contributed by atoms with Gasteiger partial charge in [0.2, 0.25) is 0 Å². The van der Waals surface area contributed by atoms with Crippen LogP contribution in [0.1, 0.15) is 26.3 Å². The Hall–Kier alpha value is -2.11. The monoisotopic (exact) mass is 310 g/mol. The lowest BCUT2D eigenvalue weighted by molar-refractivity contribution is 0.233. The zero-order valence-electron chi connectivity index (χ0n) is 14.1. The van der Waals surface area contributed by atoms with E-state index in [0.717, 1.165) is 5.56 Å². The maximum atomic E-state index is 11.9. The Morgan fingerprint density at radius 1 is 1.05 bits per heavy atom. The SMILES string of the molecule is COc1cc(OC)c(CNC(=O)NC(C)C(C)C)c(OC)c1. The van der Waals surface area contributed by atoms with Gasteiger partial charge in [0.1, 0.15) is 17.2 Å². The average Bonchev–Trinajstić information content (AvgIpc) is 2.51. The minimum Gasteiger partial charge on any atom is -0.496 e. The van der Waals surface area contributed by atoms with Crippen LogP contribution in [0, 0.1) is 5.92 Å². The Balaban J connectivity index is 2.82. The minimum absolute atomic E-state index is 0.0969. The van der Waals surface area contributed by atoms with Crippen molar-refractivity contribution in [2.24, 2.45) is 5.92 Å². The number of hydrogen-bond donors (Lipinski definition) is 2. The van der Waals surface area contributed by atoms with Crippen molar-refractivity contribution < 1.29 is 19.0 Å². The second kappa shape index (κ2) is 8.36. The van der Waals surface area contributed by atoms with Crippen molar-refractivity contribution in [2.75, 3.05) is 21.3 Å². The first-order chi connectivity index (χ1) is 10.4. The standard InChI is InChI=1S/C16H26N2O4/c1-10(2)11(3)18-16(19)17-9-13-14(21-5)7-12(20-4)8-15(13)22-6/h7-8,10-11H,9H2,1-6H3,(H2,17,18,19). The van der Waals surface area contributed by atoms with Gasteiger partial charge in [0.15, 0.2) is 0 Å². The predicted octanol–water partition coefficient (Wildman–Crippen LogP) is 2.56. The lowest BCUT2D eigenvalue weighted by Gasteiger charge is -2.19. The largest absolute Gasteiger partial charge is 0.496 e. The van der Waals surface area contributed by atoms with Gasteiger partial charge in [0.05, 0.1) is 33.4 Å². The van der Waals surface area contributed by atoms with E-state index < -0.39 is 0 Å². The summed E-state index contributed by atoms with van der Waals surface area (Å²) in [7, 11) is 4.71. The fourth-order valence-corrected chi connectivity index (χ4v) is 1.85. The molecule has 0 heterocycles. The summed E-state index contributed by atoms with van der Waals surface area (Å²) in [6, 6.07) is 3.39. The maximum absolute atomic E-state index is 11.9. The highest BCUT2D eigenvalue weighted by atomic mass is 16.5. The number of hydrogen-bond acceptors (Lipinski definition) is 4. The van der Waals surface area contributed by atoms with Crippen LogP contribution in [0.25, 0.3) is 0 Å². The molecule has 0 aliphatic rings. The van der Waals surface area contributed by atoms with Gasteiger partial charge in [-0.1, -0.05) is 13.8 Å². The Morgan fingerprint density at radius 3 is 2.00 bits per heavy atom. The second-order valence-corrected chi connectivity index (χ2v) is 5.37. The van der Waals surface area contributed by atoms with Crippen LogP contribution in [-0.2, 0) is 6.54 Å². The van der Waals surface area contributed by atoms with E-state index in [1.165, 1.54) is 0 Å². The van der Waals surface area contributed by atoms with Crippen molar-refractivity contribution >= 4 is 6.03 Å². The minimum atomic E-state index is -0.221. The zero-order chi connectivity index (χ0) is 16.7. The van der Waals surface area contributed by atoms with Gasteiger partial charge in [-0.3, -0.25) is 0 Å². The van der Waals surface area contributed by atoms with E-state index in [-0.39, 0.29) is 12.1 Å². The first-order valence-corrected chi connectivity index (χ1v) is 7.26. The van der Waals surface area contributed by atoms with Crippen LogP contribution < -0.4 is 24.8 Å². The zero-order valence-corrected chi connectivity index (χ0v) is 14.1. The number of ether oxygens (including phenoxy) is 3. The van der Waals surface area contributed by atoms with Crippen LogP contribution in [0.5, 0.6) is 17.2 Å². The van der Waals surface area contributed by atoms with Crippen molar-refractivity contribution in [3.05, 3.63) is 17.7 Å². The molecule has 124 valence electrons. The number of urea groups is 1. The molecule has 6 heteroatoms. The molecule has 0 saturated heterocycles. The molecular formula is C16H26N2O4. The number of methoxy groups -OCH3 is 3. The molecule has 0 aliphatic heterocycles. The molecule has 0 bridgehead atoms. The third kappa shape index (κ3) is 4.72.